The molecular weight excluding hydrogens is 146 g/mol. The van der Waals surface area contributed by atoms with E-state index in [0.717, 1.165) is 24.8 Å². The van der Waals surface area contributed by atoms with Crippen molar-refractivity contribution in [3.63, 3.8) is 0 Å². The zero-order valence-corrected chi connectivity index (χ0v) is 8.19. The molecule has 2 unspecified atom stereocenters. The van der Waals surface area contributed by atoms with Crippen LogP contribution in [0.5, 0.6) is 0 Å². The van der Waals surface area contributed by atoms with Crippen molar-refractivity contribution in [3.05, 3.63) is 0 Å². The third kappa shape index (κ3) is 2.53. The van der Waals surface area contributed by atoms with E-state index >= 15 is 0 Å². The van der Waals surface area contributed by atoms with Gasteiger partial charge in [-0.05, 0) is 44.7 Å². The van der Waals surface area contributed by atoms with Crippen LogP contribution in [0.2, 0.25) is 0 Å². The van der Waals surface area contributed by atoms with Gasteiger partial charge in [0, 0.05) is 6.42 Å². The predicted molar refractivity (Wildman–Crippen MR) is 52.8 cm³/mol. The molecular formula is C11H19N. The van der Waals surface area contributed by atoms with E-state index in [1.165, 1.54) is 19.4 Å². The molecule has 0 aromatic carbocycles. The average Bonchev–Trinajstić information content (AvgIpc) is 2.04. The maximum absolute atomic E-state index is 3.41. The van der Waals surface area contributed by atoms with Gasteiger partial charge in [-0.25, -0.2) is 0 Å². The summed E-state index contributed by atoms with van der Waals surface area (Å²) in [5.41, 5.74) is 0. The highest BCUT2D eigenvalue weighted by atomic mass is 14.9. The van der Waals surface area contributed by atoms with Gasteiger partial charge in [-0.3, -0.25) is 0 Å². The summed E-state index contributed by atoms with van der Waals surface area (Å²) in [4.78, 5) is 0. The second-order valence-corrected chi connectivity index (χ2v) is 3.54. The lowest BCUT2D eigenvalue weighted by molar-refractivity contribution is 0.177. The Morgan fingerprint density at radius 1 is 1.33 bits per heavy atom. The summed E-state index contributed by atoms with van der Waals surface area (Å²) in [5, 5.41) is 3.41. The van der Waals surface area contributed by atoms with Crippen LogP contribution in [-0.4, -0.2) is 13.1 Å². The molecule has 1 fully saturated rings. The molecule has 0 aromatic rings. The molecule has 0 amide bonds. The minimum Gasteiger partial charge on any atom is -0.317 e. The van der Waals surface area contributed by atoms with Crippen LogP contribution in [0.15, 0.2) is 0 Å². The normalized spacial score (nSPS) is 27.2. The third-order valence-electron chi connectivity index (χ3n) is 2.77. The molecule has 1 N–H and O–H groups in total. The van der Waals surface area contributed by atoms with E-state index in [2.05, 4.69) is 24.1 Å². The zero-order chi connectivity index (χ0) is 8.81. The predicted octanol–water partition coefficient (Wildman–Crippen LogP) is 2.04. The van der Waals surface area contributed by atoms with E-state index in [9.17, 15) is 0 Å². The highest BCUT2D eigenvalue weighted by Gasteiger charge is 2.28. The average molecular weight is 165 g/mol. The summed E-state index contributed by atoms with van der Waals surface area (Å²) < 4.78 is 0. The highest BCUT2D eigenvalue weighted by Crippen LogP contribution is 2.35. The summed E-state index contributed by atoms with van der Waals surface area (Å²) in [5.74, 6) is 7.95. The van der Waals surface area contributed by atoms with Gasteiger partial charge in [0.05, 0.1) is 0 Å². The number of hydrogen-bond acceptors (Lipinski definition) is 1. The maximum atomic E-state index is 3.41. The maximum Gasteiger partial charge on any atom is 0.0120 e. The van der Waals surface area contributed by atoms with Crippen molar-refractivity contribution in [3.8, 4) is 11.8 Å². The molecule has 12 heavy (non-hydrogen) atoms. The Bertz CT molecular complexity index is 175. The monoisotopic (exact) mass is 165 g/mol. The van der Waals surface area contributed by atoms with Crippen molar-refractivity contribution < 1.29 is 0 Å². The Morgan fingerprint density at radius 2 is 2.08 bits per heavy atom. The van der Waals surface area contributed by atoms with Crippen LogP contribution >= 0.6 is 0 Å². The summed E-state index contributed by atoms with van der Waals surface area (Å²) in [6.07, 6.45) is 3.92. The van der Waals surface area contributed by atoms with Crippen molar-refractivity contribution in [2.24, 2.45) is 11.8 Å². The Morgan fingerprint density at radius 3 is 2.58 bits per heavy atom. The molecule has 2 atom stereocenters. The lowest BCUT2D eigenvalue weighted by Gasteiger charge is -2.35. The number of nitrogens with one attached hydrogen (secondary N) is 1. The fourth-order valence-corrected chi connectivity index (χ4v) is 1.74. The molecule has 0 radical (unpaired) electrons. The molecule has 1 nitrogen and oxygen atoms in total. The van der Waals surface area contributed by atoms with E-state index in [1.807, 2.05) is 6.92 Å². The van der Waals surface area contributed by atoms with Crippen LogP contribution in [-0.2, 0) is 0 Å². The second kappa shape index (κ2) is 5.22. The van der Waals surface area contributed by atoms with E-state index in [0.29, 0.717) is 0 Å². The Hall–Kier alpha value is -0.480. The lowest BCUT2D eigenvalue weighted by Crippen LogP contribution is -2.34. The molecule has 0 aliphatic heterocycles. The van der Waals surface area contributed by atoms with Crippen LogP contribution < -0.4 is 5.32 Å². The molecule has 1 rings (SSSR count). The summed E-state index contributed by atoms with van der Waals surface area (Å²) in [6, 6.07) is 0. The van der Waals surface area contributed by atoms with Crippen LogP contribution in [0.1, 0.15) is 33.1 Å². The van der Waals surface area contributed by atoms with Gasteiger partial charge >= 0.3 is 0 Å². The summed E-state index contributed by atoms with van der Waals surface area (Å²) >= 11 is 0. The molecule has 1 aliphatic carbocycles. The Labute approximate surface area is 75.9 Å². The van der Waals surface area contributed by atoms with Gasteiger partial charge < -0.3 is 5.32 Å². The molecule has 1 saturated carbocycles. The first-order valence-electron chi connectivity index (χ1n) is 4.98. The molecule has 1 aliphatic rings. The first-order chi connectivity index (χ1) is 5.88. The minimum atomic E-state index is 0.886. The topological polar surface area (TPSA) is 12.0 Å². The highest BCUT2D eigenvalue weighted by molar-refractivity contribution is 4.99. The van der Waals surface area contributed by atoms with Crippen LogP contribution in [0, 0.1) is 23.7 Å². The van der Waals surface area contributed by atoms with Gasteiger partial charge in [0.2, 0.25) is 0 Å². The van der Waals surface area contributed by atoms with Crippen molar-refractivity contribution in [2.75, 3.05) is 13.1 Å². The smallest absolute Gasteiger partial charge is 0.0120 e. The minimum absolute atomic E-state index is 0.886. The second-order valence-electron chi connectivity index (χ2n) is 3.54. The Kier molecular flexibility index (Phi) is 4.18. The van der Waals surface area contributed by atoms with Crippen molar-refractivity contribution in [1.29, 1.82) is 0 Å². The molecule has 1 heteroatoms. The third-order valence-corrected chi connectivity index (χ3v) is 2.77. The SMILES string of the molecule is CC#CCC1CCC1CNCC. The fourth-order valence-electron chi connectivity index (χ4n) is 1.74. The van der Waals surface area contributed by atoms with E-state index in [-0.39, 0.29) is 0 Å². The lowest BCUT2D eigenvalue weighted by atomic mass is 9.72. The van der Waals surface area contributed by atoms with Crippen molar-refractivity contribution in [1.82, 2.24) is 5.32 Å². The molecule has 0 heterocycles. The van der Waals surface area contributed by atoms with Gasteiger partial charge in [0.25, 0.3) is 0 Å². The van der Waals surface area contributed by atoms with Crippen LogP contribution in [0.25, 0.3) is 0 Å². The molecule has 68 valence electrons. The molecule has 0 saturated heterocycles. The largest absolute Gasteiger partial charge is 0.317 e. The molecule has 0 aromatic heterocycles. The fraction of sp³-hybridized carbons (Fsp3) is 0.818. The van der Waals surface area contributed by atoms with Gasteiger partial charge in [-0.2, -0.15) is 0 Å². The van der Waals surface area contributed by atoms with E-state index in [1.54, 1.807) is 0 Å². The van der Waals surface area contributed by atoms with Gasteiger partial charge in [0.15, 0.2) is 0 Å². The van der Waals surface area contributed by atoms with Gasteiger partial charge in [0.1, 0.15) is 0 Å². The first-order valence-corrected chi connectivity index (χ1v) is 4.98. The van der Waals surface area contributed by atoms with Crippen LogP contribution in [0.4, 0.5) is 0 Å². The van der Waals surface area contributed by atoms with Crippen LogP contribution in [0.3, 0.4) is 0 Å². The summed E-state index contributed by atoms with van der Waals surface area (Å²) in [7, 11) is 0. The Balaban J connectivity index is 2.13. The first kappa shape index (κ1) is 9.61. The molecule has 0 spiro atoms. The number of hydrogen-bond donors (Lipinski definition) is 1. The quantitative estimate of drug-likeness (QED) is 0.629. The zero-order valence-electron chi connectivity index (χ0n) is 8.19. The summed E-state index contributed by atoms with van der Waals surface area (Å²) in [6.45, 7) is 6.40. The molecule has 0 bridgehead atoms. The van der Waals surface area contributed by atoms with Gasteiger partial charge in [-0.1, -0.05) is 6.92 Å². The van der Waals surface area contributed by atoms with Crippen molar-refractivity contribution >= 4 is 0 Å². The number of rotatable bonds is 4. The standard InChI is InChI=1S/C11H19N/c1-3-5-6-10-7-8-11(10)9-12-4-2/h10-12H,4,6-9H2,1-2H3. The van der Waals surface area contributed by atoms with Crippen molar-refractivity contribution in [2.45, 2.75) is 33.1 Å². The van der Waals surface area contributed by atoms with E-state index < -0.39 is 0 Å². The van der Waals surface area contributed by atoms with E-state index in [4.69, 9.17) is 0 Å². The van der Waals surface area contributed by atoms with Gasteiger partial charge in [-0.15, -0.1) is 11.8 Å².